The standard InChI is InChI=1S/C20H25NO2/c1-13-6-9-18(10-7-13)16(4)21-20(22)17(5)23-19-11-8-14(2)12-15(19)3/h6-12,16-17H,1-5H3,(H,21,22)/t16-,17-/m1/s1. The minimum atomic E-state index is -0.538. The summed E-state index contributed by atoms with van der Waals surface area (Å²) < 4.78 is 5.81. The maximum absolute atomic E-state index is 12.3. The zero-order chi connectivity index (χ0) is 17.0. The van der Waals surface area contributed by atoms with Gasteiger partial charge in [-0.05, 0) is 51.8 Å². The number of hydrogen-bond acceptors (Lipinski definition) is 2. The zero-order valence-corrected chi connectivity index (χ0v) is 14.5. The summed E-state index contributed by atoms with van der Waals surface area (Å²) in [7, 11) is 0. The predicted molar refractivity (Wildman–Crippen MR) is 93.7 cm³/mol. The van der Waals surface area contributed by atoms with Crippen molar-refractivity contribution in [1.82, 2.24) is 5.32 Å². The second-order valence-electron chi connectivity index (χ2n) is 6.17. The summed E-state index contributed by atoms with van der Waals surface area (Å²) in [6.45, 7) is 9.83. The molecule has 0 aliphatic rings. The Labute approximate surface area is 138 Å². The van der Waals surface area contributed by atoms with Crippen molar-refractivity contribution in [3.63, 3.8) is 0 Å². The first-order chi connectivity index (χ1) is 10.9. The van der Waals surface area contributed by atoms with Gasteiger partial charge in [-0.1, -0.05) is 47.5 Å². The molecule has 0 saturated carbocycles. The van der Waals surface area contributed by atoms with Gasteiger partial charge in [0.2, 0.25) is 0 Å². The van der Waals surface area contributed by atoms with Crippen molar-refractivity contribution >= 4 is 5.91 Å². The highest BCUT2D eigenvalue weighted by atomic mass is 16.5. The van der Waals surface area contributed by atoms with E-state index in [2.05, 4.69) is 11.4 Å². The third kappa shape index (κ3) is 4.59. The van der Waals surface area contributed by atoms with Crippen molar-refractivity contribution in [3.05, 3.63) is 64.7 Å². The summed E-state index contributed by atoms with van der Waals surface area (Å²) in [6, 6.07) is 14.1. The van der Waals surface area contributed by atoms with E-state index in [0.29, 0.717) is 0 Å². The zero-order valence-electron chi connectivity index (χ0n) is 14.5. The Kier molecular flexibility index (Phi) is 5.43. The first-order valence-corrected chi connectivity index (χ1v) is 7.97. The lowest BCUT2D eigenvalue weighted by molar-refractivity contribution is -0.127. The van der Waals surface area contributed by atoms with Gasteiger partial charge in [-0.3, -0.25) is 4.79 Å². The van der Waals surface area contributed by atoms with Crippen LogP contribution in [-0.4, -0.2) is 12.0 Å². The highest BCUT2D eigenvalue weighted by Crippen LogP contribution is 2.20. The van der Waals surface area contributed by atoms with Gasteiger partial charge in [0.1, 0.15) is 5.75 Å². The van der Waals surface area contributed by atoms with E-state index in [4.69, 9.17) is 4.74 Å². The van der Waals surface area contributed by atoms with Gasteiger partial charge in [0.15, 0.2) is 6.10 Å². The van der Waals surface area contributed by atoms with Crippen LogP contribution in [0.15, 0.2) is 42.5 Å². The molecule has 0 radical (unpaired) electrons. The Balaban J connectivity index is 1.98. The molecule has 2 rings (SSSR count). The van der Waals surface area contributed by atoms with Crippen LogP contribution in [0.2, 0.25) is 0 Å². The van der Waals surface area contributed by atoms with Crippen molar-refractivity contribution in [2.45, 2.75) is 46.8 Å². The van der Waals surface area contributed by atoms with Crippen molar-refractivity contribution in [2.24, 2.45) is 0 Å². The molecule has 2 aromatic carbocycles. The van der Waals surface area contributed by atoms with Gasteiger partial charge in [0.05, 0.1) is 6.04 Å². The lowest BCUT2D eigenvalue weighted by Crippen LogP contribution is -2.37. The molecule has 0 spiro atoms. The van der Waals surface area contributed by atoms with E-state index in [-0.39, 0.29) is 11.9 Å². The molecule has 0 fully saturated rings. The Morgan fingerprint density at radius 2 is 1.57 bits per heavy atom. The lowest BCUT2D eigenvalue weighted by Gasteiger charge is -2.20. The molecular weight excluding hydrogens is 286 g/mol. The molecule has 2 aromatic rings. The van der Waals surface area contributed by atoms with Gasteiger partial charge in [0.25, 0.3) is 5.91 Å². The maximum atomic E-state index is 12.3. The fraction of sp³-hybridized carbons (Fsp3) is 0.350. The minimum Gasteiger partial charge on any atom is -0.481 e. The van der Waals surface area contributed by atoms with Crippen LogP contribution in [-0.2, 0) is 4.79 Å². The predicted octanol–water partition coefficient (Wildman–Crippen LogP) is 4.26. The van der Waals surface area contributed by atoms with E-state index >= 15 is 0 Å². The van der Waals surface area contributed by atoms with Gasteiger partial charge in [0, 0.05) is 0 Å². The average Bonchev–Trinajstić information content (AvgIpc) is 2.50. The number of amides is 1. The number of carbonyl (C=O) groups is 1. The minimum absolute atomic E-state index is 0.0479. The summed E-state index contributed by atoms with van der Waals surface area (Å²) in [6.07, 6.45) is -0.538. The second-order valence-corrected chi connectivity index (χ2v) is 6.17. The maximum Gasteiger partial charge on any atom is 0.261 e. The summed E-state index contributed by atoms with van der Waals surface area (Å²) in [4.78, 5) is 12.3. The van der Waals surface area contributed by atoms with Crippen LogP contribution in [0, 0.1) is 20.8 Å². The number of hydrogen-bond donors (Lipinski definition) is 1. The van der Waals surface area contributed by atoms with Gasteiger partial charge in [-0.25, -0.2) is 0 Å². The summed E-state index contributed by atoms with van der Waals surface area (Å²) >= 11 is 0. The Bertz CT molecular complexity index is 677. The summed E-state index contributed by atoms with van der Waals surface area (Å²) in [5.74, 6) is 0.638. The topological polar surface area (TPSA) is 38.3 Å². The molecule has 0 saturated heterocycles. The van der Waals surface area contributed by atoms with Crippen LogP contribution in [0.5, 0.6) is 5.75 Å². The molecule has 3 nitrogen and oxygen atoms in total. The smallest absolute Gasteiger partial charge is 0.261 e. The largest absolute Gasteiger partial charge is 0.481 e. The van der Waals surface area contributed by atoms with Gasteiger partial charge in [-0.15, -0.1) is 0 Å². The molecule has 0 bridgehead atoms. The number of nitrogens with one attached hydrogen (secondary N) is 1. The van der Waals surface area contributed by atoms with Crippen LogP contribution in [0.4, 0.5) is 0 Å². The number of benzene rings is 2. The number of ether oxygens (including phenoxy) is 1. The average molecular weight is 311 g/mol. The molecule has 0 heterocycles. The molecule has 0 aliphatic heterocycles. The lowest BCUT2D eigenvalue weighted by atomic mass is 10.1. The number of aryl methyl sites for hydroxylation is 3. The Morgan fingerprint density at radius 1 is 0.957 bits per heavy atom. The molecule has 3 heteroatoms. The first-order valence-electron chi connectivity index (χ1n) is 7.97. The monoisotopic (exact) mass is 311 g/mol. The van der Waals surface area contributed by atoms with Crippen LogP contribution < -0.4 is 10.1 Å². The molecule has 0 unspecified atom stereocenters. The quantitative estimate of drug-likeness (QED) is 0.896. The fourth-order valence-electron chi connectivity index (χ4n) is 2.44. The van der Waals surface area contributed by atoms with Gasteiger partial charge in [-0.2, -0.15) is 0 Å². The molecule has 23 heavy (non-hydrogen) atoms. The first kappa shape index (κ1) is 17.1. The Morgan fingerprint density at radius 3 is 2.17 bits per heavy atom. The summed E-state index contributed by atoms with van der Waals surface area (Å²) in [5.41, 5.74) is 4.51. The van der Waals surface area contributed by atoms with E-state index in [9.17, 15) is 4.79 Å². The highest BCUT2D eigenvalue weighted by Gasteiger charge is 2.18. The van der Waals surface area contributed by atoms with Crippen LogP contribution in [0.3, 0.4) is 0 Å². The number of rotatable bonds is 5. The van der Waals surface area contributed by atoms with E-state index in [1.165, 1.54) is 11.1 Å². The van der Waals surface area contributed by atoms with E-state index in [0.717, 1.165) is 16.9 Å². The summed E-state index contributed by atoms with van der Waals surface area (Å²) in [5, 5.41) is 3.00. The van der Waals surface area contributed by atoms with Gasteiger partial charge < -0.3 is 10.1 Å². The third-order valence-electron chi connectivity index (χ3n) is 3.94. The molecule has 1 N–H and O–H groups in total. The van der Waals surface area contributed by atoms with E-state index < -0.39 is 6.10 Å². The normalized spacial score (nSPS) is 13.3. The van der Waals surface area contributed by atoms with Crippen LogP contribution >= 0.6 is 0 Å². The Hall–Kier alpha value is -2.29. The molecule has 122 valence electrons. The van der Waals surface area contributed by atoms with Crippen molar-refractivity contribution < 1.29 is 9.53 Å². The molecule has 1 amide bonds. The highest BCUT2D eigenvalue weighted by molar-refractivity contribution is 5.81. The van der Waals surface area contributed by atoms with Crippen molar-refractivity contribution in [1.29, 1.82) is 0 Å². The second kappa shape index (κ2) is 7.32. The van der Waals surface area contributed by atoms with E-state index in [1.54, 1.807) is 6.92 Å². The number of carbonyl (C=O) groups excluding carboxylic acids is 1. The fourth-order valence-corrected chi connectivity index (χ4v) is 2.44. The molecular formula is C20H25NO2. The third-order valence-corrected chi connectivity index (χ3v) is 3.94. The van der Waals surface area contributed by atoms with E-state index in [1.807, 2.05) is 64.1 Å². The van der Waals surface area contributed by atoms with Crippen LogP contribution in [0.25, 0.3) is 0 Å². The molecule has 2 atom stereocenters. The van der Waals surface area contributed by atoms with Crippen LogP contribution in [0.1, 0.15) is 42.1 Å². The molecule has 0 aliphatic carbocycles. The van der Waals surface area contributed by atoms with Crippen molar-refractivity contribution in [3.8, 4) is 5.75 Å². The SMILES string of the molecule is Cc1ccc([C@@H](C)NC(=O)[C@@H](C)Oc2ccc(C)cc2C)cc1. The molecule has 0 aromatic heterocycles. The van der Waals surface area contributed by atoms with Gasteiger partial charge >= 0.3 is 0 Å². The van der Waals surface area contributed by atoms with Crippen molar-refractivity contribution in [2.75, 3.05) is 0 Å².